The lowest BCUT2D eigenvalue weighted by molar-refractivity contribution is 1.13. The van der Waals surface area contributed by atoms with Crippen LogP contribution in [0.5, 0.6) is 0 Å². The Morgan fingerprint density at radius 1 is 1.53 bits per heavy atom. The molecule has 0 bridgehead atoms. The minimum atomic E-state index is 0.420. The van der Waals surface area contributed by atoms with Gasteiger partial charge in [-0.25, -0.2) is 0 Å². The van der Waals surface area contributed by atoms with Gasteiger partial charge in [-0.05, 0) is 17.7 Å². The van der Waals surface area contributed by atoms with Gasteiger partial charge in [-0.3, -0.25) is 5.10 Å². The molecule has 0 aliphatic heterocycles. The average Bonchev–Trinajstić information content (AvgIpc) is 2.61. The number of hydrogen-bond donors (Lipinski definition) is 2. The van der Waals surface area contributed by atoms with Crippen LogP contribution in [0.1, 0.15) is 12.0 Å². The zero-order valence-corrected chi connectivity index (χ0v) is 8.07. The largest absolute Gasteiger partial charge is 0.382 e. The van der Waals surface area contributed by atoms with Gasteiger partial charge in [-0.2, -0.15) is 10.4 Å². The summed E-state index contributed by atoms with van der Waals surface area (Å²) < 4.78 is 0. The molecule has 0 aliphatic carbocycles. The fraction of sp³-hybridized carbons (Fsp3) is 0.0909. The number of anilines is 1. The summed E-state index contributed by atoms with van der Waals surface area (Å²) in [6.45, 7) is 0. The first-order valence-corrected chi connectivity index (χ1v) is 4.58. The van der Waals surface area contributed by atoms with Crippen molar-refractivity contribution in [3.63, 3.8) is 0 Å². The van der Waals surface area contributed by atoms with Gasteiger partial charge in [0, 0.05) is 5.39 Å². The van der Waals surface area contributed by atoms with Gasteiger partial charge in [0.15, 0.2) is 5.82 Å². The zero-order valence-electron chi connectivity index (χ0n) is 8.07. The minimum Gasteiger partial charge on any atom is -0.382 e. The summed E-state index contributed by atoms with van der Waals surface area (Å²) in [7, 11) is 0. The van der Waals surface area contributed by atoms with Crippen molar-refractivity contribution in [1.82, 2.24) is 10.2 Å². The van der Waals surface area contributed by atoms with Crippen LogP contribution in [-0.2, 0) is 0 Å². The van der Waals surface area contributed by atoms with Gasteiger partial charge in [-0.1, -0.05) is 18.2 Å². The normalized spacial score (nSPS) is 10.9. The summed E-state index contributed by atoms with van der Waals surface area (Å²) in [4.78, 5) is 0. The Hall–Kier alpha value is -2.28. The molecule has 0 atom stereocenters. The quantitative estimate of drug-likeness (QED) is 0.775. The molecule has 1 aromatic heterocycles. The van der Waals surface area contributed by atoms with Crippen LogP contribution in [0.4, 0.5) is 5.82 Å². The van der Waals surface area contributed by atoms with E-state index in [-0.39, 0.29) is 0 Å². The third-order valence-electron chi connectivity index (χ3n) is 2.14. The number of nitrogens with one attached hydrogen (secondary N) is 1. The molecule has 0 amide bonds. The Labute approximate surface area is 87.0 Å². The Morgan fingerprint density at radius 2 is 2.40 bits per heavy atom. The number of aromatic nitrogens is 2. The van der Waals surface area contributed by atoms with Crippen LogP contribution in [0.15, 0.2) is 24.3 Å². The summed E-state index contributed by atoms with van der Waals surface area (Å²) in [6, 6.07) is 7.87. The number of H-pyrrole nitrogens is 1. The van der Waals surface area contributed by atoms with Crippen molar-refractivity contribution in [2.75, 3.05) is 5.73 Å². The minimum absolute atomic E-state index is 0.420. The van der Waals surface area contributed by atoms with Gasteiger partial charge < -0.3 is 5.73 Å². The highest BCUT2D eigenvalue weighted by Gasteiger charge is 2.00. The van der Waals surface area contributed by atoms with Gasteiger partial charge in [0.05, 0.1) is 18.0 Å². The molecule has 0 saturated heterocycles. The summed E-state index contributed by atoms with van der Waals surface area (Å²) in [5.41, 5.74) is 7.58. The van der Waals surface area contributed by atoms with Gasteiger partial charge >= 0.3 is 0 Å². The third-order valence-corrected chi connectivity index (χ3v) is 2.14. The predicted octanol–water partition coefficient (Wildman–Crippen LogP) is 2.07. The highest BCUT2D eigenvalue weighted by Crippen LogP contribution is 2.19. The van der Waals surface area contributed by atoms with Crippen molar-refractivity contribution >= 4 is 22.8 Å². The molecule has 0 unspecified atom stereocenters. The highest BCUT2D eigenvalue weighted by molar-refractivity contribution is 5.89. The van der Waals surface area contributed by atoms with Gasteiger partial charge in [0.1, 0.15) is 0 Å². The number of aromatic amines is 1. The van der Waals surface area contributed by atoms with Crippen LogP contribution in [0.2, 0.25) is 0 Å². The highest BCUT2D eigenvalue weighted by atomic mass is 15.1. The molecule has 0 fully saturated rings. The average molecular weight is 198 g/mol. The number of hydrogen-bond acceptors (Lipinski definition) is 3. The summed E-state index contributed by atoms with van der Waals surface area (Å²) in [5, 5.41) is 16.1. The van der Waals surface area contributed by atoms with Crippen LogP contribution in [-0.4, -0.2) is 10.2 Å². The number of nitriles is 1. The monoisotopic (exact) mass is 198 g/mol. The van der Waals surface area contributed by atoms with E-state index in [2.05, 4.69) is 16.3 Å². The number of fused-ring (bicyclic) bond motifs is 1. The summed E-state index contributed by atoms with van der Waals surface area (Å²) in [6.07, 6.45) is 4.14. The van der Waals surface area contributed by atoms with Crippen LogP contribution in [0.25, 0.3) is 17.0 Å². The van der Waals surface area contributed by atoms with Gasteiger partial charge in [-0.15, -0.1) is 0 Å². The second-order valence-corrected chi connectivity index (χ2v) is 3.18. The van der Waals surface area contributed by atoms with Crippen LogP contribution >= 0.6 is 0 Å². The van der Waals surface area contributed by atoms with E-state index >= 15 is 0 Å². The Kier molecular flexibility index (Phi) is 2.38. The van der Waals surface area contributed by atoms with Crippen LogP contribution < -0.4 is 5.73 Å². The van der Waals surface area contributed by atoms with Crippen molar-refractivity contribution in [2.45, 2.75) is 6.42 Å². The first kappa shape index (κ1) is 9.28. The van der Waals surface area contributed by atoms with Crippen LogP contribution in [0, 0.1) is 11.3 Å². The smallest absolute Gasteiger partial charge is 0.153 e. The molecule has 0 aliphatic rings. The lowest BCUT2D eigenvalue weighted by atomic mass is 10.1. The van der Waals surface area contributed by atoms with E-state index in [9.17, 15) is 0 Å². The number of nitrogen functional groups attached to an aromatic ring is 1. The van der Waals surface area contributed by atoms with E-state index < -0.39 is 0 Å². The Morgan fingerprint density at radius 3 is 3.20 bits per heavy atom. The lowest BCUT2D eigenvalue weighted by Gasteiger charge is -1.93. The maximum absolute atomic E-state index is 8.39. The maximum Gasteiger partial charge on any atom is 0.153 e. The van der Waals surface area contributed by atoms with Crippen molar-refractivity contribution < 1.29 is 0 Å². The molecule has 4 nitrogen and oxygen atoms in total. The second kappa shape index (κ2) is 3.84. The molecule has 0 radical (unpaired) electrons. The molecule has 3 N–H and O–H groups in total. The van der Waals surface area contributed by atoms with E-state index in [4.69, 9.17) is 11.0 Å². The van der Waals surface area contributed by atoms with Crippen molar-refractivity contribution in [3.8, 4) is 6.07 Å². The van der Waals surface area contributed by atoms with E-state index in [1.54, 1.807) is 0 Å². The van der Waals surface area contributed by atoms with Crippen molar-refractivity contribution in [3.05, 3.63) is 29.8 Å². The molecule has 0 spiro atoms. The molecule has 74 valence electrons. The second-order valence-electron chi connectivity index (χ2n) is 3.18. The molecule has 2 rings (SSSR count). The topological polar surface area (TPSA) is 78.5 Å². The van der Waals surface area contributed by atoms with E-state index in [1.807, 2.05) is 30.4 Å². The molecule has 2 aromatic rings. The summed E-state index contributed by atoms with van der Waals surface area (Å²) in [5.74, 6) is 0.512. The lowest BCUT2D eigenvalue weighted by Crippen LogP contribution is -1.83. The third kappa shape index (κ3) is 1.81. The molecular formula is C11H10N4. The Bertz CT molecular complexity index is 545. The number of nitrogens with two attached hydrogens (primary N) is 1. The summed E-state index contributed by atoms with van der Waals surface area (Å²) >= 11 is 0. The fourth-order valence-electron chi connectivity index (χ4n) is 1.41. The van der Waals surface area contributed by atoms with Gasteiger partial charge in [0.25, 0.3) is 0 Å². The molecule has 1 heterocycles. The molecular weight excluding hydrogens is 188 g/mol. The number of nitrogens with zero attached hydrogens (tertiary/aromatic N) is 2. The first-order chi connectivity index (χ1) is 7.31. The van der Waals surface area contributed by atoms with Crippen molar-refractivity contribution in [1.29, 1.82) is 5.26 Å². The van der Waals surface area contributed by atoms with E-state index in [0.717, 1.165) is 16.5 Å². The van der Waals surface area contributed by atoms with E-state index in [0.29, 0.717) is 12.2 Å². The van der Waals surface area contributed by atoms with Crippen LogP contribution in [0.3, 0.4) is 0 Å². The molecule has 0 saturated carbocycles. The van der Waals surface area contributed by atoms with E-state index in [1.165, 1.54) is 0 Å². The number of allylic oxidation sites excluding steroid dienone is 1. The number of benzene rings is 1. The van der Waals surface area contributed by atoms with Gasteiger partial charge in [0.2, 0.25) is 0 Å². The standard InChI is InChI=1S/C11H10N4/c12-6-2-1-3-8-4-5-9-10(7-8)14-15-11(9)13/h1,3-5,7H,2H2,(H3,13,14,15). The predicted molar refractivity (Wildman–Crippen MR) is 59.8 cm³/mol. The molecule has 4 heteroatoms. The molecule has 1 aromatic carbocycles. The zero-order chi connectivity index (χ0) is 10.7. The van der Waals surface area contributed by atoms with Crippen molar-refractivity contribution in [2.24, 2.45) is 0 Å². The SMILES string of the molecule is N#CCC=Cc1ccc2c(N)n[nH]c2c1. The maximum atomic E-state index is 8.39. The molecule has 15 heavy (non-hydrogen) atoms. The Balaban J connectivity index is 2.36. The fourth-order valence-corrected chi connectivity index (χ4v) is 1.41. The number of rotatable bonds is 2. The first-order valence-electron chi connectivity index (χ1n) is 4.58.